The van der Waals surface area contributed by atoms with E-state index in [9.17, 15) is 14.4 Å². The summed E-state index contributed by atoms with van der Waals surface area (Å²) < 4.78 is 24.3. The van der Waals surface area contributed by atoms with E-state index in [1.54, 1.807) is 18.2 Å². The molecule has 12 nitrogen and oxygen atoms in total. The molecule has 0 atom stereocenters. The molecule has 7 N–H and O–H groups in total. The molecule has 0 aliphatic carbocycles. The number of hydrogen-bond acceptors (Lipinski definition) is 13. The largest absolute Gasteiger partial charge is 0.465 e. The van der Waals surface area contributed by atoms with Crippen molar-refractivity contribution >= 4 is 81.7 Å². The van der Waals surface area contributed by atoms with Crippen LogP contribution in [0.5, 0.6) is 0 Å². The van der Waals surface area contributed by atoms with Crippen LogP contribution in [0.2, 0.25) is 0 Å². The fraction of sp³-hybridized carbons (Fsp3) is 0.457. The van der Waals surface area contributed by atoms with Gasteiger partial charge < -0.3 is 40.2 Å². The Hall–Kier alpha value is -3.78. The minimum atomic E-state index is -2.16. The highest BCUT2D eigenvalue weighted by molar-refractivity contribution is 8.60. The summed E-state index contributed by atoms with van der Waals surface area (Å²) in [5, 5.41) is 8.65. The lowest BCUT2D eigenvalue weighted by Crippen LogP contribution is -2.16. The summed E-state index contributed by atoms with van der Waals surface area (Å²) in [6, 6.07) is 13.6. The van der Waals surface area contributed by atoms with E-state index in [0.717, 1.165) is 55.8 Å². The zero-order valence-electron chi connectivity index (χ0n) is 39.4. The standard InChI is InChI=1S/C15H21NO2S.C14H17NO2.C13H17NO2S.C4H11O2PS2.H2O/c1-6-19-14(16)13-8-12(15(17)18-5)10(4)7-11(13)9(2)3;1-9(2)12-7-10(3)13(14(16)17-4)8-11(12)5-6-15;1-7(2)9-5-8(3)10(13(15)16-4)6-11(9)12(14)17;1-3-5-7(8,9)6-4-2;/h7-9,16H,6H2,1-5H3;7-9H,15H2,1-4H3;5-7H,1-4H3,(H2,14,17);3-4H2,1-2H3,(H,8,9);1H2. The monoisotopic (exact) mass is 965 g/mol. The molecule has 3 aromatic rings. The fourth-order valence-electron chi connectivity index (χ4n) is 5.80. The smallest absolute Gasteiger partial charge is 0.338 e. The van der Waals surface area contributed by atoms with Gasteiger partial charge in [-0.15, -0.1) is 11.8 Å². The Morgan fingerprint density at radius 3 is 1.37 bits per heavy atom. The normalized spacial score (nSPS) is 10.3. The van der Waals surface area contributed by atoms with E-state index in [2.05, 4.69) is 65.8 Å². The van der Waals surface area contributed by atoms with Crippen LogP contribution in [0.3, 0.4) is 0 Å². The highest BCUT2D eigenvalue weighted by Gasteiger charge is 2.19. The van der Waals surface area contributed by atoms with Gasteiger partial charge in [-0.3, -0.25) is 5.41 Å². The molecule has 0 aliphatic rings. The highest BCUT2D eigenvalue weighted by atomic mass is 32.9. The zero-order chi connectivity index (χ0) is 48.1. The van der Waals surface area contributed by atoms with Crippen LogP contribution in [0.1, 0.15) is 161 Å². The van der Waals surface area contributed by atoms with Gasteiger partial charge in [0.05, 0.1) is 56.3 Å². The number of aryl methyl sites for hydroxylation is 3. The fourth-order valence-corrected chi connectivity index (χ4v) is 8.65. The number of nitrogens with two attached hydrogens (primary N) is 2. The Labute approximate surface area is 395 Å². The quantitative estimate of drug-likeness (QED) is 0.0145. The molecule has 0 heterocycles. The van der Waals surface area contributed by atoms with E-state index in [4.69, 9.17) is 64.2 Å². The molecule has 0 saturated heterocycles. The number of carbonyl (C=O) groups is 3. The predicted molar refractivity (Wildman–Crippen MR) is 272 cm³/mol. The Morgan fingerprint density at radius 1 is 0.698 bits per heavy atom. The Morgan fingerprint density at radius 2 is 1.05 bits per heavy atom. The van der Waals surface area contributed by atoms with E-state index in [0.29, 0.717) is 57.7 Å². The lowest BCUT2D eigenvalue weighted by atomic mass is 9.92. The maximum atomic E-state index is 11.7. The van der Waals surface area contributed by atoms with Crippen LogP contribution in [0, 0.1) is 38.1 Å². The molecule has 0 saturated carbocycles. The molecule has 0 radical (unpaired) electrons. The van der Waals surface area contributed by atoms with Gasteiger partial charge in [0.25, 0.3) is 0 Å². The number of thiocarbonyl (C=S) groups is 1. The van der Waals surface area contributed by atoms with E-state index >= 15 is 0 Å². The van der Waals surface area contributed by atoms with Crippen LogP contribution in [0.15, 0.2) is 36.4 Å². The second kappa shape index (κ2) is 30.4. The number of methoxy groups -OCH3 is 3. The first kappa shape index (κ1) is 61.3. The molecule has 0 unspecified atom stereocenters. The first-order chi connectivity index (χ1) is 28.9. The molecule has 0 bridgehead atoms. The number of benzene rings is 3. The number of thiol groups is 1. The first-order valence-corrected chi connectivity index (χ1v) is 25.1. The number of thioether (sulfide) groups is 1. The average molecular weight is 966 g/mol. The summed E-state index contributed by atoms with van der Waals surface area (Å²) in [5.41, 5.74) is 18.7. The first-order valence-electron chi connectivity index (χ1n) is 20.0. The van der Waals surface area contributed by atoms with Gasteiger partial charge in [0.2, 0.25) is 5.69 Å². The van der Waals surface area contributed by atoms with E-state index in [-0.39, 0.29) is 23.4 Å². The van der Waals surface area contributed by atoms with Crippen molar-refractivity contribution in [3.8, 4) is 12.0 Å². The molecular weight excluding hydrogens is 898 g/mol. The highest BCUT2D eigenvalue weighted by Crippen LogP contribution is 2.52. The van der Waals surface area contributed by atoms with Gasteiger partial charge in [-0.1, -0.05) is 91.1 Å². The van der Waals surface area contributed by atoms with Crippen molar-refractivity contribution in [2.24, 2.45) is 11.5 Å². The lowest BCUT2D eigenvalue weighted by molar-refractivity contribution is 0.0591. The summed E-state index contributed by atoms with van der Waals surface area (Å²) >= 11 is 15.4. The van der Waals surface area contributed by atoms with Crippen molar-refractivity contribution in [1.82, 2.24) is 0 Å². The topological polar surface area (TPSA) is 205 Å². The molecule has 0 aromatic heterocycles. The van der Waals surface area contributed by atoms with Crippen molar-refractivity contribution in [2.45, 2.75) is 101 Å². The second-order valence-corrected chi connectivity index (χ2v) is 21.4. The van der Waals surface area contributed by atoms with Crippen molar-refractivity contribution < 1.29 is 43.1 Å². The van der Waals surface area contributed by atoms with E-state index in [1.165, 1.54) is 33.1 Å². The molecule has 3 rings (SSSR count). The van der Waals surface area contributed by atoms with E-state index in [1.807, 2.05) is 59.7 Å². The van der Waals surface area contributed by atoms with Crippen LogP contribution in [0.25, 0.3) is 0 Å². The number of rotatable bonds is 13. The number of hydrogen-bond donors (Lipinski definition) is 4. The molecule has 17 heteroatoms. The zero-order valence-corrected chi connectivity index (χ0v) is 43.6. The van der Waals surface area contributed by atoms with Crippen molar-refractivity contribution in [3.05, 3.63) is 103 Å². The van der Waals surface area contributed by atoms with Crippen LogP contribution in [-0.2, 0) is 35.1 Å². The molecule has 0 fully saturated rings. The number of nitrogens with one attached hydrogen (secondary N) is 1. The van der Waals surface area contributed by atoms with Crippen LogP contribution in [0.4, 0.5) is 0 Å². The summed E-state index contributed by atoms with van der Waals surface area (Å²) in [5.74, 6) is 3.56. The molecule has 3 aromatic carbocycles. The Kier molecular flexibility index (Phi) is 29.6. The Balaban J connectivity index is 0. The van der Waals surface area contributed by atoms with Crippen LogP contribution < -0.4 is 11.5 Å². The number of esters is 3. The minimum absolute atomic E-state index is 0. The van der Waals surface area contributed by atoms with Gasteiger partial charge in [0.1, 0.15) is 4.99 Å². The SMILES string of the molecule is CCOP(=S)(S)OCC.CCSC(=N)c1cc(C(=O)OC)c(C)cc1C(C)C.COC(=O)c1cc(C#CN)c(C(C)C)cc1C.COC(=O)c1cc(C(N)=S)c(C(C)C)cc1C.O. The molecule has 0 spiro atoms. The van der Waals surface area contributed by atoms with Gasteiger partial charge >= 0.3 is 17.9 Å². The van der Waals surface area contributed by atoms with Crippen molar-refractivity contribution in [1.29, 1.82) is 5.41 Å². The van der Waals surface area contributed by atoms with Gasteiger partial charge in [0.15, 0.2) is 0 Å². The predicted octanol–water partition coefficient (Wildman–Crippen LogP) is 10.1. The van der Waals surface area contributed by atoms with Gasteiger partial charge in [-0.05, 0) is 127 Å². The number of carbonyl (C=O) groups excluding carboxylic acids is 3. The van der Waals surface area contributed by atoms with Gasteiger partial charge in [-0.25, -0.2) is 14.4 Å². The second-order valence-electron chi connectivity index (χ2n) is 14.4. The average Bonchev–Trinajstić information content (AvgIpc) is 3.20. The third-order valence-corrected chi connectivity index (χ3v) is 12.4. The maximum absolute atomic E-state index is 11.7. The van der Waals surface area contributed by atoms with Gasteiger partial charge in [0, 0.05) is 22.7 Å². The van der Waals surface area contributed by atoms with Gasteiger partial charge in [-0.2, -0.15) is 0 Å². The third-order valence-electron chi connectivity index (χ3n) is 8.86. The van der Waals surface area contributed by atoms with Crippen LogP contribution in [-0.4, -0.2) is 73.7 Å². The summed E-state index contributed by atoms with van der Waals surface area (Å²) in [6.45, 7) is 25.0. The van der Waals surface area contributed by atoms with Crippen LogP contribution >= 0.6 is 41.9 Å². The lowest BCUT2D eigenvalue weighted by Gasteiger charge is -2.16. The third kappa shape index (κ3) is 19.9. The van der Waals surface area contributed by atoms with Crippen molar-refractivity contribution in [3.63, 3.8) is 0 Å². The van der Waals surface area contributed by atoms with Crippen molar-refractivity contribution in [2.75, 3.05) is 40.3 Å². The maximum Gasteiger partial charge on any atom is 0.338 e. The summed E-state index contributed by atoms with van der Waals surface area (Å²) in [4.78, 5) is 35.2. The Bertz CT molecular complexity index is 2140. The number of ether oxygens (including phenoxy) is 3. The summed E-state index contributed by atoms with van der Waals surface area (Å²) in [6.07, 6.45) is 0. The molecular formula is C46H68N3O9PS4. The summed E-state index contributed by atoms with van der Waals surface area (Å²) in [7, 11) is 4.11. The van der Waals surface area contributed by atoms with E-state index < -0.39 is 5.69 Å². The molecule has 0 aliphatic heterocycles. The molecule has 0 amide bonds. The molecule has 350 valence electrons. The minimum Gasteiger partial charge on any atom is -0.465 e. The molecule has 63 heavy (non-hydrogen) atoms.